The fraction of sp³-hybridized carbons (Fsp3) is 0.174. The van der Waals surface area contributed by atoms with Crippen molar-refractivity contribution in [1.82, 2.24) is 20.1 Å². The number of aryl methyl sites for hydroxylation is 1. The number of nitrogens with one attached hydrogen (secondary N) is 1. The molecule has 2 aromatic heterocycles. The van der Waals surface area contributed by atoms with Gasteiger partial charge >= 0.3 is 0 Å². The zero-order valence-corrected chi connectivity index (χ0v) is 16.2. The number of pyridine rings is 1. The van der Waals surface area contributed by atoms with Crippen molar-refractivity contribution in [2.75, 3.05) is 13.2 Å². The molecule has 0 aliphatic heterocycles. The van der Waals surface area contributed by atoms with Crippen molar-refractivity contribution in [3.8, 4) is 17.0 Å². The third-order valence-electron chi connectivity index (χ3n) is 4.62. The van der Waals surface area contributed by atoms with Crippen LogP contribution in [0.25, 0.3) is 22.3 Å². The summed E-state index contributed by atoms with van der Waals surface area (Å²) in [6.07, 6.45) is 1.70. The molecule has 146 valence electrons. The summed E-state index contributed by atoms with van der Waals surface area (Å²) in [4.78, 5) is 17.7. The van der Waals surface area contributed by atoms with Gasteiger partial charge in [-0.15, -0.1) is 0 Å². The van der Waals surface area contributed by atoms with Crippen LogP contribution in [0.15, 0.2) is 72.9 Å². The maximum absolute atomic E-state index is 12.9. The first-order chi connectivity index (χ1) is 14.3. The summed E-state index contributed by atoms with van der Waals surface area (Å²) >= 11 is 0. The molecule has 2 heterocycles. The average Bonchev–Trinajstić information content (AvgIpc) is 3.20. The van der Waals surface area contributed by atoms with Crippen LogP contribution >= 0.6 is 0 Å². The van der Waals surface area contributed by atoms with Gasteiger partial charge in [-0.05, 0) is 25.1 Å². The number of carbonyl (C=O) groups excluding carboxylic acids is 1. The van der Waals surface area contributed by atoms with E-state index in [-0.39, 0.29) is 5.91 Å². The van der Waals surface area contributed by atoms with Crippen LogP contribution in [-0.4, -0.2) is 33.8 Å². The Bertz CT molecular complexity index is 1110. The number of rotatable bonds is 7. The van der Waals surface area contributed by atoms with Crippen molar-refractivity contribution in [2.24, 2.45) is 0 Å². The smallest absolute Gasteiger partial charge is 0.252 e. The number of carbonyl (C=O) groups is 1. The molecular weight excluding hydrogens is 364 g/mol. The van der Waals surface area contributed by atoms with Gasteiger partial charge in [0.05, 0.1) is 29.4 Å². The van der Waals surface area contributed by atoms with Crippen LogP contribution < -0.4 is 10.1 Å². The fourth-order valence-electron chi connectivity index (χ4n) is 3.17. The Morgan fingerprint density at radius 1 is 1.07 bits per heavy atom. The van der Waals surface area contributed by atoms with Gasteiger partial charge in [-0.25, -0.2) is 9.67 Å². The van der Waals surface area contributed by atoms with Crippen molar-refractivity contribution >= 4 is 16.9 Å². The molecule has 0 fully saturated rings. The van der Waals surface area contributed by atoms with Gasteiger partial charge in [0.15, 0.2) is 5.65 Å². The molecule has 6 nitrogen and oxygen atoms in total. The van der Waals surface area contributed by atoms with E-state index in [2.05, 4.69) is 10.4 Å². The number of amides is 1. The number of aromatic nitrogens is 3. The third-order valence-corrected chi connectivity index (χ3v) is 4.62. The molecule has 2 aromatic carbocycles. The van der Waals surface area contributed by atoms with Crippen molar-refractivity contribution < 1.29 is 9.53 Å². The van der Waals surface area contributed by atoms with E-state index in [1.807, 2.05) is 73.7 Å². The summed E-state index contributed by atoms with van der Waals surface area (Å²) in [6, 6.07) is 21.2. The molecular formula is C23H22N4O2. The average molecular weight is 386 g/mol. The maximum atomic E-state index is 12.9. The number of fused-ring (bicyclic) bond motifs is 1. The Morgan fingerprint density at radius 3 is 2.52 bits per heavy atom. The Morgan fingerprint density at radius 2 is 1.79 bits per heavy atom. The van der Waals surface area contributed by atoms with Crippen molar-refractivity contribution in [1.29, 1.82) is 0 Å². The minimum atomic E-state index is -0.165. The highest BCUT2D eigenvalue weighted by molar-refractivity contribution is 6.06. The van der Waals surface area contributed by atoms with Crippen LogP contribution in [0, 0.1) is 0 Å². The highest BCUT2D eigenvalue weighted by Crippen LogP contribution is 2.24. The topological polar surface area (TPSA) is 69.0 Å². The third kappa shape index (κ3) is 4.11. The molecule has 0 aliphatic rings. The molecule has 0 unspecified atom stereocenters. The summed E-state index contributed by atoms with van der Waals surface area (Å²) < 4.78 is 7.45. The predicted molar refractivity (Wildman–Crippen MR) is 113 cm³/mol. The Kier molecular flexibility index (Phi) is 5.52. The van der Waals surface area contributed by atoms with Crippen LogP contribution in [0.5, 0.6) is 5.75 Å². The quantitative estimate of drug-likeness (QED) is 0.489. The van der Waals surface area contributed by atoms with E-state index in [1.165, 1.54) is 0 Å². The van der Waals surface area contributed by atoms with Gasteiger partial charge in [-0.1, -0.05) is 48.5 Å². The minimum absolute atomic E-state index is 0.165. The molecule has 4 aromatic rings. The van der Waals surface area contributed by atoms with Crippen LogP contribution in [0.2, 0.25) is 0 Å². The molecule has 0 aliphatic carbocycles. The molecule has 6 heteroatoms. The first-order valence-electron chi connectivity index (χ1n) is 9.64. The normalized spacial score (nSPS) is 10.8. The number of ether oxygens (including phenoxy) is 1. The highest BCUT2D eigenvalue weighted by Gasteiger charge is 2.17. The number of benzene rings is 2. The van der Waals surface area contributed by atoms with Gasteiger partial charge in [-0.2, -0.15) is 5.10 Å². The van der Waals surface area contributed by atoms with Gasteiger partial charge < -0.3 is 10.1 Å². The second kappa shape index (κ2) is 8.56. The van der Waals surface area contributed by atoms with Crippen molar-refractivity contribution in [2.45, 2.75) is 13.5 Å². The molecule has 0 radical (unpaired) electrons. The van der Waals surface area contributed by atoms with E-state index in [4.69, 9.17) is 9.72 Å². The number of para-hydroxylation sites is 1. The van der Waals surface area contributed by atoms with Crippen LogP contribution in [-0.2, 0) is 6.54 Å². The summed E-state index contributed by atoms with van der Waals surface area (Å²) in [5.74, 6) is 0.616. The molecule has 0 saturated heterocycles. The second-order valence-corrected chi connectivity index (χ2v) is 6.54. The lowest BCUT2D eigenvalue weighted by atomic mass is 10.1. The van der Waals surface area contributed by atoms with E-state index in [1.54, 1.807) is 10.9 Å². The molecule has 0 bridgehead atoms. The summed E-state index contributed by atoms with van der Waals surface area (Å²) in [5.41, 5.74) is 2.98. The molecule has 29 heavy (non-hydrogen) atoms. The zero-order chi connectivity index (χ0) is 20.1. The Balaban J connectivity index is 1.56. The van der Waals surface area contributed by atoms with E-state index in [0.717, 1.165) is 22.4 Å². The van der Waals surface area contributed by atoms with Gasteiger partial charge in [0.25, 0.3) is 5.91 Å². The number of hydrogen-bond acceptors (Lipinski definition) is 4. The highest BCUT2D eigenvalue weighted by atomic mass is 16.5. The molecule has 0 saturated carbocycles. The van der Waals surface area contributed by atoms with E-state index >= 15 is 0 Å². The lowest BCUT2D eigenvalue weighted by molar-refractivity contribution is 0.0948. The fourth-order valence-corrected chi connectivity index (χ4v) is 3.17. The van der Waals surface area contributed by atoms with Gasteiger partial charge in [-0.3, -0.25) is 4.79 Å². The van der Waals surface area contributed by atoms with E-state index in [9.17, 15) is 4.79 Å². The number of nitrogens with zero attached hydrogens (tertiary/aromatic N) is 3. The monoisotopic (exact) mass is 386 g/mol. The van der Waals surface area contributed by atoms with Crippen molar-refractivity contribution in [3.05, 3.63) is 78.5 Å². The lowest BCUT2D eigenvalue weighted by Gasteiger charge is -2.10. The standard InChI is InChI=1S/C23H22N4O2/c1-2-27-22-20(16-25-27)19(15-21(26-22)17-9-5-3-6-10-17)23(28)24-13-14-29-18-11-7-4-8-12-18/h3-12,15-16H,2,13-14H2,1H3,(H,24,28). The molecule has 1 amide bonds. The second-order valence-electron chi connectivity index (χ2n) is 6.54. The Labute approximate surface area is 169 Å². The molecule has 0 spiro atoms. The molecule has 0 atom stereocenters. The largest absolute Gasteiger partial charge is 0.492 e. The Hall–Kier alpha value is -3.67. The SMILES string of the molecule is CCn1ncc2c(C(=O)NCCOc3ccccc3)cc(-c3ccccc3)nc21. The van der Waals surface area contributed by atoms with Gasteiger partial charge in [0, 0.05) is 12.1 Å². The van der Waals surface area contributed by atoms with Crippen LogP contribution in [0.1, 0.15) is 17.3 Å². The lowest BCUT2D eigenvalue weighted by Crippen LogP contribution is -2.28. The first kappa shape index (κ1) is 18.7. The van der Waals surface area contributed by atoms with Crippen LogP contribution in [0.3, 0.4) is 0 Å². The van der Waals surface area contributed by atoms with E-state index in [0.29, 0.717) is 30.9 Å². The van der Waals surface area contributed by atoms with Gasteiger partial charge in [0.2, 0.25) is 0 Å². The first-order valence-corrected chi connectivity index (χ1v) is 9.64. The summed E-state index contributed by atoms with van der Waals surface area (Å²) in [5, 5.41) is 8.06. The molecule has 1 N–H and O–H groups in total. The summed E-state index contributed by atoms with van der Waals surface area (Å²) in [7, 11) is 0. The summed E-state index contributed by atoms with van der Waals surface area (Å²) in [6.45, 7) is 3.48. The van der Waals surface area contributed by atoms with E-state index < -0.39 is 0 Å². The predicted octanol–water partition coefficient (Wildman–Crippen LogP) is 3.93. The minimum Gasteiger partial charge on any atom is -0.492 e. The van der Waals surface area contributed by atoms with Crippen molar-refractivity contribution in [3.63, 3.8) is 0 Å². The van der Waals surface area contributed by atoms with Gasteiger partial charge in [0.1, 0.15) is 12.4 Å². The van der Waals surface area contributed by atoms with Crippen LogP contribution in [0.4, 0.5) is 0 Å². The molecule has 4 rings (SSSR count). The zero-order valence-electron chi connectivity index (χ0n) is 16.2. The number of hydrogen-bond donors (Lipinski definition) is 1. The maximum Gasteiger partial charge on any atom is 0.252 e.